The first kappa shape index (κ1) is 12.6. The number of hydrogen-bond donors (Lipinski definition) is 2. The Balaban J connectivity index is 1.38. The molecule has 104 valence electrons. The van der Waals surface area contributed by atoms with Crippen LogP contribution in [0.1, 0.15) is 25.7 Å². The van der Waals surface area contributed by atoms with E-state index in [1.807, 2.05) is 7.05 Å². The molecule has 0 radical (unpaired) electrons. The number of aromatic nitrogens is 1. The third-order valence-electron chi connectivity index (χ3n) is 4.50. The molecule has 2 aliphatic rings. The predicted octanol–water partition coefficient (Wildman–Crippen LogP) is 1.84. The quantitative estimate of drug-likeness (QED) is 0.605. The van der Waals surface area contributed by atoms with Crippen LogP contribution in [-0.4, -0.2) is 30.7 Å². The van der Waals surface area contributed by atoms with Crippen LogP contribution in [0.3, 0.4) is 0 Å². The maximum atomic E-state index is 4.30. The highest BCUT2D eigenvalue weighted by Gasteiger charge is 2.53. The van der Waals surface area contributed by atoms with Gasteiger partial charge in [-0.25, -0.2) is 0 Å². The summed E-state index contributed by atoms with van der Waals surface area (Å²) in [7, 11) is 1.85. The lowest BCUT2D eigenvalue weighted by Gasteiger charge is -2.18. The van der Waals surface area contributed by atoms with Gasteiger partial charge >= 0.3 is 0 Å². The van der Waals surface area contributed by atoms with E-state index in [1.54, 1.807) is 0 Å². The summed E-state index contributed by atoms with van der Waals surface area (Å²) in [5, 5.41) is 6.89. The number of rotatable bonds is 6. The number of aliphatic imine (C=N–C) groups is 1. The van der Waals surface area contributed by atoms with Crippen LogP contribution in [-0.2, 0) is 6.54 Å². The van der Waals surface area contributed by atoms with Gasteiger partial charge in [-0.05, 0) is 49.1 Å². The Morgan fingerprint density at radius 2 is 2.00 bits per heavy atom. The first-order chi connectivity index (χ1) is 9.32. The number of guanidine groups is 1. The van der Waals surface area contributed by atoms with Gasteiger partial charge in [-0.15, -0.1) is 0 Å². The lowest BCUT2D eigenvalue weighted by Crippen LogP contribution is -2.41. The molecule has 0 spiro atoms. The minimum atomic E-state index is 0.623. The summed E-state index contributed by atoms with van der Waals surface area (Å²) in [6, 6.07) is 4.11. The second-order valence-corrected chi connectivity index (χ2v) is 5.91. The molecule has 1 aromatic heterocycles. The van der Waals surface area contributed by atoms with Crippen molar-refractivity contribution in [3.8, 4) is 0 Å². The van der Waals surface area contributed by atoms with E-state index in [9.17, 15) is 0 Å². The van der Waals surface area contributed by atoms with Crippen LogP contribution in [0.2, 0.25) is 0 Å². The first-order valence-electron chi connectivity index (χ1n) is 7.38. The average Bonchev–Trinajstić information content (AvgIpc) is 3.33. The third-order valence-corrected chi connectivity index (χ3v) is 4.50. The van der Waals surface area contributed by atoms with Crippen LogP contribution < -0.4 is 10.6 Å². The summed E-state index contributed by atoms with van der Waals surface area (Å²) < 4.78 is 2.17. The molecule has 0 aromatic carbocycles. The Morgan fingerprint density at radius 3 is 2.58 bits per heavy atom. The Morgan fingerprint density at radius 1 is 1.26 bits per heavy atom. The highest BCUT2D eigenvalue weighted by Crippen LogP contribution is 2.60. The molecule has 0 saturated heterocycles. The van der Waals surface area contributed by atoms with Crippen molar-refractivity contribution in [2.45, 2.75) is 32.2 Å². The van der Waals surface area contributed by atoms with Crippen LogP contribution in [0.5, 0.6) is 0 Å². The van der Waals surface area contributed by atoms with Crippen molar-refractivity contribution in [1.29, 1.82) is 0 Å². The fourth-order valence-electron chi connectivity index (χ4n) is 2.89. The van der Waals surface area contributed by atoms with E-state index in [2.05, 4.69) is 44.7 Å². The van der Waals surface area contributed by atoms with Crippen molar-refractivity contribution in [3.63, 3.8) is 0 Å². The monoisotopic (exact) mass is 260 g/mol. The Kier molecular flexibility index (Phi) is 3.49. The highest BCUT2D eigenvalue weighted by molar-refractivity contribution is 5.79. The number of hydrogen-bond acceptors (Lipinski definition) is 1. The van der Waals surface area contributed by atoms with Crippen molar-refractivity contribution in [2.75, 3.05) is 20.1 Å². The molecular formula is C15H24N4. The zero-order valence-corrected chi connectivity index (χ0v) is 11.7. The van der Waals surface area contributed by atoms with Gasteiger partial charge in [0.1, 0.15) is 0 Å². The zero-order valence-electron chi connectivity index (χ0n) is 11.7. The zero-order chi connectivity index (χ0) is 13.1. The van der Waals surface area contributed by atoms with Crippen molar-refractivity contribution in [2.24, 2.45) is 16.3 Å². The van der Waals surface area contributed by atoms with Gasteiger partial charge in [0.15, 0.2) is 5.96 Å². The molecule has 2 saturated carbocycles. The maximum absolute atomic E-state index is 4.30. The molecule has 4 heteroatoms. The molecule has 2 N–H and O–H groups in total. The normalized spacial score (nSPS) is 21.2. The molecule has 0 atom stereocenters. The Bertz CT molecular complexity index is 427. The summed E-state index contributed by atoms with van der Waals surface area (Å²) in [5.41, 5.74) is 0.623. The van der Waals surface area contributed by atoms with E-state index in [4.69, 9.17) is 0 Å². The standard InChI is InChI=1S/C15H24N4/c1-16-14(17-8-11-19-9-2-3-10-19)18-12-15(6-7-15)13-4-5-13/h2-3,9-10,13H,4-8,11-12H2,1H3,(H2,16,17,18). The van der Waals surface area contributed by atoms with Gasteiger partial charge in [-0.2, -0.15) is 0 Å². The van der Waals surface area contributed by atoms with Crippen LogP contribution in [0.15, 0.2) is 29.5 Å². The number of nitrogens with one attached hydrogen (secondary N) is 2. The SMILES string of the molecule is CN=C(NCCn1cccc1)NCC1(C2CC2)CC1. The molecule has 0 amide bonds. The van der Waals surface area contributed by atoms with Gasteiger partial charge in [0.25, 0.3) is 0 Å². The van der Waals surface area contributed by atoms with E-state index >= 15 is 0 Å². The summed E-state index contributed by atoms with van der Waals surface area (Å²) in [4.78, 5) is 4.30. The van der Waals surface area contributed by atoms with Crippen molar-refractivity contribution in [3.05, 3.63) is 24.5 Å². The van der Waals surface area contributed by atoms with Gasteiger partial charge in [0.2, 0.25) is 0 Å². The summed E-state index contributed by atoms with van der Waals surface area (Å²) in [6.45, 7) is 2.98. The second-order valence-electron chi connectivity index (χ2n) is 5.91. The highest BCUT2D eigenvalue weighted by atomic mass is 15.2. The van der Waals surface area contributed by atoms with Crippen LogP contribution in [0, 0.1) is 11.3 Å². The summed E-state index contributed by atoms with van der Waals surface area (Å²) in [5.74, 6) is 1.94. The Labute approximate surface area is 115 Å². The van der Waals surface area contributed by atoms with Gasteiger partial charge < -0.3 is 15.2 Å². The predicted molar refractivity (Wildman–Crippen MR) is 78.2 cm³/mol. The van der Waals surface area contributed by atoms with Crippen molar-refractivity contribution >= 4 is 5.96 Å². The lowest BCUT2D eigenvalue weighted by molar-refractivity contribution is 0.431. The lowest BCUT2D eigenvalue weighted by atomic mass is 10.0. The number of nitrogens with zero attached hydrogens (tertiary/aromatic N) is 2. The van der Waals surface area contributed by atoms with E-state index in [0.29, 0.717) is 5.41 Å². The van der Waals surface area contributed by atoms with E-state index in [-0.39, 0.29) is 0 Å². The molecule has 1 aromatic rings. The fourth-order valence-corrected chi connectivity index (χ4v) is 2.89. The van der Waals surface area contributed by atoms with Crippen molar-refractivity contribution in [1.82, 2.24) is 15.2 Å². The fraction of sp³-hybridized carbons (Fsp3) is 0.667. The third kappa shape index (κ3) is 3.11. The molecule has 0 bridgehead atoms. The average molecular weight is 260 g/mol. The second kappa shape index (κ2) is 5.27. The van der Waals surface area contributed by atoms with Crippen molar-refractivity contribution < 1.29 is 0 Å². The largest absolute Gasteiger partial charge is 0.356 e. The molecule has 2 fully saturated rings. The first-order valence-corrected chi connectivity index (χ1v) is 7.38. The van der Waals surface area contributed by atoms with Gasteiger partial charge in [-0.3, -0.25) is 4.99 Å². The summed E-state index contributed by atoms with van der Waals surface area (Å²) in [6.07, 6.45) is 9.88. The van der Waals surface area contributed by atoms with E-state index in [1.165, 1.54) is 25.7 Å². The smallest absolute Gasteiger partial charge is 0.191 e. The topological polar surface area (TPSA) is 41.4 Å². The minimum Gasteiger partial charge on any atom is -0.356 e. The van der Waals surface area contributed by atoms with Crippen LogP contribution >= 0.6 is 0 Å². The summed E-state index contributed by atoms with van der Waals surface area (Å²) >= 11 is 0. The van der Waals surface area contributed by atoms with Gasteiger partial charge in [-0.1, -0.05) is 0 Å². The molecule has 19 heavy (non-hydrogen) atoms. The van der Waals surface area contributed by atoms with Crippen LogP contribution in [0.4, 0.5) is 0 Å². The van der Waals surface area contributed by atoms with Gasteiger partial charge in [0, 0.05) is 39.1 Å². The maximum Gasteiger partial charge on any atom is 0.191 e. The molecule has 1 heterocycles. The molecule has 4 nitrogen and oxygen atoms in total. The minimum absolute atomic E-state index is 0.623. The van der Waals surface area contributed by atoms with Crippen LogP contribution in [0.25, 0.3) is 0 Å². The molecule has 2 aliphatic carbocycles. The molecule has 0 aliphatic heterocycles. The molecule has 3 rings (SSSR count). The Hall–Kier alpha value is -1.45. The molecule has 0 unspecified atom stereocenters. The van der Waals surface area contributed by atoms with E-state index in [0.717, 1.165) is 31.5 Å². The van der Waals surface area contributed by atoms with Gasteiger partial charge in [0.05, 0.1) is 0 Å². The molecular weight excluding hydrogens is 236 g/mol. The van der Waals surface area contributed by atoms with E-state index < -0.39 is 0 Å².